The average molecular weight is 2000 g/mol. The predicted molar refractivity (Wildman–Crippen MR) is 513 cm³/mol. The molecule has 12 aromatic rings. The van der Waals surface area contributed by atoms with Crippen LogP contribution in [0.3, 0.4) is 0 Å². The first kappa shape index (κ1) is 103. The molecule has 1 N–H and O–H groups in total. The summed E-state index contributed by atoms with van der Waals surface area (Å²) in [6, 6.07) is 89.7. The van der Waals surface area contributed by atoms with E-state index in [0.717, 1.165) is 0 Å². The standard InChI is InChI=1S/C113H98O34/c114-64-38-13-39-65-128-111-95(145-107(125)79-58-32-10-33-59-79)92(142-104(122)76-52-26-7-27-53-76)89(139-101(119)73-46-20-4-21-47-73)84(134-111)68-130-110-91(141-103(121)75-50-24-6-25-51-75)86(115)87(137-99(117)71-42-16-2-17-43-71)82(133-110)67-131-112-97(147-109(127)81-62-36-12-37-63-81)94(144-106(124)78-56-30-9-31-57-78)90(140-102(120)74-48-22-5-23-49-74)85(136-112)69-132-113-96(146-108(126)80-60-34-11-35-61-80)93(143-105(123)77-54-28-8-29-55-77)88(138-100(118)72-44-18-3-19-45-72)83(135-113)66-129-98(116)70-40-14-1-15-41-70/h1-12,14-37,40-64,82-97,110-113,115H,13,38-39,65-69H2/t82-,83-,84-,85-,86+,87-,88-,89-,90-,91-,92+,93+,94+,95-,96-,97-,110-,111-,112-,113-/m1/s1. The second-order valence-electron chi connectivity index (χ2n) is 33.8. The Bertz CT molecular complexity index is 6390. The van der Waals surface area contributed by atoms with Crippen LogP contribution >= 0.6 is 0 Å². The second-order valence-corrected chi connectivity index (χ2v) is 33.8. The molecule has 0 bridgehead atoms. The van der Waals surface area contributed by atoms with Crippen LogP contribution in [0.2, 0.25) is 0 Å². The summed E-state index contributed by atoms with van der Waals surface area (Å²) in [7, 11) is 0. The number of aliphatic hydroxyl groups excluding tert-OH is 1. The molecule has 4 aliphatic rings. The Morgan fingerprint density at radius 2 is 0.381 bits per heavy atom. The fraction of sp³-hybridized carbons (Fsp3) is 0.248. The molecule has 4 heterocycles. The number of carbonyl (C=O) groups is 13. The van der Waals surface area contributed by atoms with Crippen molar-refractivity contribution in [2.75, 3.05) is 33.0 Å². The minimum atomic E-state index is -2.34. The van der Waals surface area contributed by atoms with Crippen LogP contribution in [0, 0.1) is 0 Å². The van der Waals surface area contributed by atoms with Gasteiger partial charge in [-0.25, -0.2) is 57.5 Å². The zero-order valence-corrected chi connectivity index (χ0v) is 78.3. The van der Waals surface area contributed by atoms with Crippen molar-refractivity contribution in [2.45, 2.75) is 142 Å². The average Bonchev–Trinajstić information content (AvgIpc) is 0.764. The van der Waals surface area contributed by atoms with E-state index >= 15 is 28.8 Å². The smallest absolute Gasteiger partial charge is 0.338 e. The van der Waals surface area contributed by atoms with Gasteiger partial charge in [0.25, 0.3) is 0 Å². The van der Waals surface area contributed by atoms with Gasteiger partial charge in [0.2, 0.25) is 0 Å². The van der Waals surface area contributed by atoms with Gasteiger partial charge in [-0.1, -0.05) is 218 Å². The number of hydrogen-bond donors (Lipinski definition) is 1. The van der Waals surface area contributed by atoms with E-state index in [1.54, 1.807) is 121 Å². The van der Waals surface area contributed by atoms with Gasteiger partial charge in [-0.05, 0) is 158 Å². The Morgan fingerprint density at radius 3 is 0.612 bits per heavy atom. The van der Waals surface area contributed by atoms with Crippen molar-refractivity contribution < 1.29 is 162 Å². The Labute approximate surface area is 841 Å². The largest absolute Gasteiger partial charge is 0.459 e. The third-order valence-corrected chi connectivity index (χ3v) is 23.8. The summed E-state index contributed by atoms with van der Waals surface area (Å²) >= 11 is 0. The van der Waals surface area contributed by atoms with Gasteiger partial charge in [-0.2, -0.15) is 0 Å². The summed E-state index contributed by atoms with van der Waals surface area (Å²) in [6.07, 6.45) is -40.0. The monoisotopic (exact) mass is 2000 g/mol. The van der Waals surface area contributed by atoms with E-state index in [0.29, 0.717) is 6.29 Å². The van der Waals surface area contributed by atoms with Crippen LogP contribution in [0.1, 0.15) is 144 Å². The lowest BCUT2D eigenvalue weighted by Gasteiger charge is -2.47. The summed E-state index contributed by atoms with van der Waals surface area (Å²) in [5.74, 6) is -13.1. The van der Waals surface area contributed by atoms with Gasteiger partial charge in [-0.15, -0.1) is 0 Å². The third kappa shape index (κ3) is 27.2. The molecule has 4 aliphatic heterocycles. The van der Waals surface area contributed by atoms with Gasteiger partial charge in [-0.3, -0.25) is 0 Å². The van der Waals surface area contributed by atoms with Crippen molar-refractivity contribution in [3.8, 4) is 0 Å². The molecule has 0 unspecified atom stereocenters. The maximum absolute atomic E-state index is 15.4. The summed E-state index contributed by atoms with van der Waals surface area (Å²) in [4.78, 5) is 191. The SMILES string of the molecule is O=CCCCCO[C@@H]1O[C@H](CO[C@@H]2O[C@H](CO[C@@H]3O[C@H](CO[C@@H]4O[C@H](COC(=O)c5ccccc5)[C@@H](OC(=O)c5ccccc5)[C@H](OC(=O)c5ccccc5)[C@H]4OC(=O)c4ccccc4)[C@@H](OC(=O)c4ccccc4)[C@H](OC(=O)c4ccccc4)[C@H]3OC(=O)c3ccccc3)[C@@H](OC(=O)c3ccccc3)[C@H](O)[C@H]2OC(=O)c2ccccc2)[C@@H](OC(=O)c2ccccc2)[C@H](OC(=O)c2ccccc2)[C@H]1OC(=O)c1ccccc1. The van der Waals surface area contributed by atoms with Crippen LogP contribution < -0.4 is 0 Å². The number of unbranched alkanes of at least 4 members (excludes halogenated alkanes) is 2. The number of carbonyl (C=O) groups excluding carboxylic acids is 13. The molecule has 0 radical (unpaired) electrons. The molecule has 0 saturated carbocycles. The first-order chi connectivity index (χ1) is 71.8. The van der Waals surface area contributed by atoms with E-state index in [1.165, 1.54) is 243 Å². The Hall–Kier alpha value is -16.4. The number of aliphatic hydroxyl groups is 1. The van der Waals surface area contributed by atoms with Crippen molar-refractivity contribution >= 4 is 77.9 Å². The van der Waals surface area contributed by atoms with Crippen LogP contribution in [0.15, 0.2) is 364 Å². The van der Waals surface area contributed by atoms with Crippen molar-refractivity contribution in [1.82, 2.24) is 0 Å². The van der Waals surface area contributed by atoms with Crippen molar-refractivity contribution in [3.05, 3.63) is 431 Å². The van der Waals surface area contributed by atoms with Gasteiger partial charge in [0, 0.05) is 13.0 Å². The minimum absolute atomic E-state index is 0.00206. The maximum Gasteiger partial charge on any atom is 0.338 e. The molecule has 34 heteroatoms. The number of aldehydes is 1. The quantitative estimate of drug-likeness (QED) is 0.0161. The van der Waals surface area contributed by atoms with Crippen molar-refractivity contribution in [3.63, 3.8) is 0 Å². The summed E-state index contributed by atoms with van der Waals surface area (Å²) < 4.78 is 131. The molecule has 34 nitrogen and oxygen atoms in total. The number of esters is 12. The summed E-state index contributed by atoms with van der Waals surface area (Å²) in [5.41, 5.74) is -0.893. The molecule has 4 saturated heterocycles. The van der Waals surface area contributed by atoms with E-state index in [9.17, 15) is 38.7 Å². The molecular formula is C113H98O34. The molecule has 16 rings (SSSR count). The van der Waals surface area contributed by atoms with Gasteiger partial charge in [0.15, 0.2) is 92.3 Å². The predicted octanol–water partition coefficient (Wildman–Crippen LogP) is 14.0. The minimum Gasteiger partial charge on any atom is -0.459 e. The highest BCUT2D eigenvalue weighted by atomic mass is 16.8. The molecule has 20 atom stereocenters. The number of ether oxygens (including phenoxy) is 20. The zero-order chi connectivity index (χ0) is 102. The van der Waals surface area contributed by atoms with E-state index in [1.807, 2.05) is 0 Å². The molecule has 754 valence electrons. The van der Waals surface area contributed by atoms with Gasteiger partial charge in [0.05, 0.1) is 86.6 Å². The molecular weight excluding hydrogens is 1900 g/mol. The molecule has 147 heavy (non-hydrogen) atoms. The van der Waals surface area contributed by atoms with Crippen LogP contribution in [0.25, 0.3) is 0 Å². The first-order valence-corrected chi connectivity index (χ1v) is 47.1. The molecule has 0 aliphatic carbocycles. The van der Waals surface area contributed by atoms with Gasteiger partial charge < -0.3 is 105 Å². The van der Waals surface area contributed by atoms with Crippen molar-refractivity contribution in [1.29, 1.82) is 0 Å². The van der Waals surface area contributed by atoms with Crippen LogP contribution in [-0.2, 0) is 99.5 Å². The highest BCUT2D eigenvalue weighted by Crippen LogP contribution is 2.40. The molecule has 0 aromatic heterocycles. The Morgan fingerprint density at radius 1 is 0.204 bits per heavy atom. The number of hydrogen-bond acceptors (Lipinski definition) is 34. The maximum atomic E-state index is 15.4. The molecule has 0 spiro atoms. The lowest BCUT2D eigenvalue weighted by molar-refractivity contribution is -0.345. The zero-order valence-electron chi connectivity index (χ0n) is 78.3. The van der Waals surface area contributed by atoms with E-state index in [4.69, 9.17) is 94.7 Å². The lowest BCUT2D eigenvalue weighted by atomic mass is 9.96. The van der Waals surface area contributed by atoms with Crippen LogP contribution in [0.4, 0.5) is 0 Å². The topological polar surface area (TPSA) is 427 Å². The Balaban J connectivity index is 0.825. The fourth-order valence-corrected chi connectivity index (χ4v) is 16.4. The fourth-order valence-electron chi connectivity index (χ4n) is 16.4. The molecule has 0 amide bonds. The normalized spacial score (nSPS) is 23.4. The Kier molecular flexibility index (Phi) is 36.0. The third-order valence-electron chi connectivity index (χ3n) is 23.8. The van der Waals surface area contributed by atoms with E-state index in [2.05, 4.69) is 0 Å². The molecule has 4 fully saturated rings. The van der Waals surface area contributed by atoms with Gasteiger partial charge in [0.1, 0.15) is 43.4 Å². The second kappa shape index (κ2) is 51.2. The number of rotatable bonds is 40. The van der Waals surface area contributed by atoms with Crippen molar-refractivity contribution in [2.24, 2.45) is 0 Å². The molecule has 12 aromatic carbocycles. The highest BCUT2D eigenvalue weighted by molar-refractivity contribution is 5.96. The van der Waals surface area contributed by atoms with Crippen LogP contribution in [-0.4, -0.2) is 239 Å². The van der Waals surface area contributed by atoms with Gasteiger partial charge >= 0.3 is 71.6 Å². The van der Waals surface area contributed by atoms with E-state index in [-0.39, 0.29) is 92.6 Å². The lowest BCUT2D eigenvalue weighted by Crippen LogP contribution is -2.66. The summed E-state index contributed by atoms with van der Waals surface area (Å²) in [6.45, 7) is -4.24. The van der Waals surface area contributed by atoms with Crippen LogP contribution in [0.5, 0.6) is 0 Å². The highest BCUT2D eigenvalue weighted by Gasteiger charge is 2.60. The number of benzene rings is 12. The summed E-state index contributed by atoms with van der Waals surface area (Å²) in [5, 5.41) is 13.5. The first-order valence-electron chi connectivity index (χ1n) is 47.1. The van der Waals surface area contributed by atoms with E-state index < -0.39 is 221 Å².